The number of thioether (sulfide) groups is 1. The maximum absolute atomic E-state index is 13.0. The molecule has 9 nitrogen and oxygen atoms in total. The number of nitrogens with zero attached hydrogens (tertiary/aromatic N) is 5. The molecule has 1 N–H and O–H groups in total. The van der Waals surface area contributed by atoms with E-state index >= 15 is 0 Å². The normalized spacial score (nSPS) is 11.9. The van der Waals surface area contributed by atoms with Crippen LogP contribution in [0.2, 0.25) is 0 Å². The first-order valence-corrected chi connectivity index (χ1v) is 12.1. The molecule has 0 saturated heterocycles. The van der Waals surface area contributed by atoms with Crippen molar-refractivity contribution in [1.29, 1.82) is 0 Å². The van der Waals surface area contributed by atoms with E-state index in [-0.39, 0.29) is 29.0 Å². The molecule has 0 radical (unpaired) electrons. The zero-order valence-electron chi connectivity index (χ0n) is 20.3. The van der Waals surface area contributed by atoms with Crippen LogP contribution in [0, 0.1) is 13.8 Å². The third-order valence-corrected chi connectivity index (χ3v) is 6.74. The fourth-order valence-corrected chi connectivity index (χ4v) is 4.42. The van der Waals surface area contributed by atoms with Crippen LogP contribution in [0.3, 0.4) is 0 Å². The molecule has 4 rings (SSSR count). The Morgan fingerprint density at radius 3 is 2.43 bits per heavy atom. The fraction of sp³-hybridized carbons (Fsp3) is 0.280. The van der Waals surface area contributed by atoms with Gasteiger partial charge in [0, 0.05) is 14.1 Å². The number of hydrogen-bond acceptors (Lipinski definition) is 6. The Morgan fingerprint density at radius 2 is 1.74 bits per heavy atom. The van der Waals surface area contributed by atoms with Gasteiger partial charge in [-0.25, -0.2) is 4.68 Å². The summed E-state index contributed by atoms with van der Waals surface area (Å²) in [5.74, 6) is 1.19. The first-order chi connectivity index (χ1) is 16.8. The monoisotopic (exact) mass is 492 g/mol. The van der Waals surface area contributed by atoms with Crippen molar-refractivity contribution in [3.63, 3.8) is 0 Å². The summed E-state index contributed by atoms with van der Waals surface area (Å²) in [6.07, 6.45) is -0.318. The molecule has 1 atom stereocenters. The molecule has 10 heteroatoms. The molecule has 2 aromatic carbocycles. The summed E-state index contributed by atoms with van der Waals surface area (Å²) in [5, 5.41) is 11.8. The highest BCUT2D eigenvalue weighted by atomic mass is 32.2. The first kappa shape index (κ1) is 24.3. The molecule has 35 heavy (non-hydrogen) atoms. The largest absolute Gasteiger partial charge is 0.483 e. The smallest absolute Gasteiger partial charge is 0.295 e. The second-order valence-corrected chi connectivity index (χ2v) is 9.19. The quantitative estimate of drug-likeness (QED) is 0.376. The molecule has 182 valence electrons. The number of hydrogen-bond donors (Lipinski definition) is 1. The summed E-state index contributed by atoms with van der Waals surface area (Å²) >= 11 is 1.25. The van der Waals surface area contributed by atoms with E-state index in [4.69, 9.17) is 4.74 Å². The lowest BCUT2D eigenvalue weighted by Crippen LogP contribution is -2.23. The molecule has 0 aliphatic rings. The number of carbonyl (C=O) groups excluding carboxylic acids is 1. The number of amides is 1. The van der Waals surface area contributed by atoms with Gasteiger partial charge in [0.25, 0.3) is 5.56 Å². The van der Waals surface area contributed by atoms with Gasteiger partial charge in [0.1, 0.15) is 11.4 Å². The highest BCUT2D eigenvalue weighted by Gasteiger charge is 2.20. The van der Waals surface area contributed by atoms with E-state index in [1.54, 1.807) is 18.7 Å². The number of ether oxygens (including phenoxy) is 1. The number of carbonyl (C=O) groups is 1. The van der Waals surface area contributed by atoms with Crippen molar-refractivity contribution in [2.45, 2.75) is 32.0 Å². The molecule has 2 aromatic heterocycles. The average molecular weight is 493 g/mol. The summed E-state index contributed by atoms with van der Waals surface area (Å²) in [6, 6.07) is 17.1. The van der Waals surface area contributed by atoms with Crippen molar-refractivity contribution < 1.29 is 9.53 Å². The number of para-hydroxylation sites is 1. The SMILES string of the molecule is Cc1ccc(OC(C)c2nnc(SCC(=O)Nc3c(C)n(C)n(-c4ccccc4)c3=O)n2C)cc1. The van der Waals surface area contributed by atoms with E-state index in [1.807, 2.05) is 80.1 Å². The van der Waals surface area contributed by atoms with Gasteiger partial charge in [0.05, 0.1) is 17.1 Å². The number of nitrogens with one attached hydrogen (secondary N) is 1. The van der Waals surface area contributed by atoms with E-state index in [0.717, 1.165) is 17.0 Å². The third-order valence-electron chi connectivity index (χ3n) is 5.72. The molecule has 0 saturated carbocycles. The summed E-state index contributed by atoms with van der Waals surface area (Å²) < 4.78 is 11.0. The van der Waals surface area contributed by atoms with Gasteiger partial charge in [0.15, 0.2) is 17.1 Å². The molecular weight excluding hydrogens is 464 g/mol. The van der Waals surface area contributed by atoms with Gasteiger partial charge in [-0.3, -0.25) is 14.3 Å². The van der Waals surface area contributed by atoms with Gasteiger partial charge >= 0.3 is 0 Å². The second-order valence-electron chi connectivity index (χ2n) is 8.25. The minimum atomic E-state index is -0.318. The van der Waals surface area contributed by atoms with Crippen LogP contribution < -0.4 is 15.6 Å². The highest BCUT2D eigenvalue weighted by Crippen LogP contribution is 2.24. The number of benzene rings is 2. The van der Waals surface area contributed by atoms with Crippen LogP contribution in [0.1, 0.15) is 30.1 Å². The summed E-state index contributed by atoms with van der Waals surface area (Å²) in [4.78, 5) is 25.7. The van der Waals surface area contributed by atoms with Crippen LogP contribution >= 0.6 is 11.8 Å². The van der Waals surface area contributed by atoms with Crippen molar-refractivity contribution >= 4 is 23.4 Å². The fourth-order valence-electron chi connectivity index (χ4n) is 3.70. The van der Waals surface area contributed by atoms with E-state index in [0.29, 0.717) is 16.7 Å². The number of aromatic nitrogens is 5. The van der Waals surface area contributed by atoms with Crippen LogP contribution in [0.15, 0.2) is 64.5 Å². The zero-order valence-corrected chi connectivity index (χ0v) is 21.2. The van der Waals surface area contributed by atoms with Gasteiger partial charge in [-0.15, -0.1) is 10.2 Å². The van der Waals surface area contributed by atoms with Crippen molar-refractivity contribution in [1.82, 2.24) is 24.1 Å². The van der Waals surface area contributed by atoms with Gasteiger partial charge in [0.2, 0.25) is 5.91 Å². The van der Waals surface area contributed by atoms with Crippen molar-refractivity contribution in [2.75, 3.05) is 11.1 Å². The predicted molar refractivity (Wildman–Crippen MR) is 136 cm³/mol. The lowest BCUT2D eigenvalue weighted by atomic mass is 10.2. The number of rotatable bonds is 8. The molecule has 4 aromatic rings. The summed E-state index contributed by atoms with van der Waals surface area (Å²) in [5.41, 5.74) is 2.54. The van der Waals surface area contributed by atoms with E-state index in [2.05, 4.69) is 15.5 Å². The van der Waals surface area contributed by atoms with Crippen LogP contribution in [0.25, 0.3) is 5.69 Å². The molecule has 2 heterocycles. The van der Waals surface area contributed by atoms with E-state index in [9.17, 15) is 9.59 Å². The molecule has 0 bridgehead atoms. The van der Waals surface area contributed by atoms with Gasteiger partial charge in [-0.2, -0.15) is 0 Å². The summed E-state index contributed by atoms with van der Waals surface area (Å²) in [6.45, 7) is 5.72. The number of aryl methyl sites for hydroxylation is 1. The Morgan fingerprint density at radius 1 is 1.06 bits per heavy atom. The molecule has 0 aliphatic carbocycles. The molecular formula is C25H28N6O3S. The Hall–Kier alpha value is -3.79. The molecule has 0 spiro atoms. The summed E-state index contributed by atoms with van der Waals surface area (Å²) in [7, 11) is 3.62. The lowest BCUT2D eigenvalue weighted by molar-refractivity contribution is -0.113. The van der Waals surface area contributed by atoms with Crippen molar-refractivity contribution in [2.24, 2.45) is 14.1 Å². The standard InChI is InChI=1S/C25H28N6O3S/c1-16-11-13-20(14-12-16)34-18(3)23-27-28-25(29(23)4)35-15-21(32)26-22-17(2)30(5)31(24(22)33)19-9-7-6-8-10-19/h6-14,18H,15H2,1-5H3,(H,26,32). The predicted octanol–water partition coefficient (Wildman–Crippen LogP) is 3.79. The van der Waals surface area contributed by atoms with E-state index in [1.165, 1.54) is 16.4 Å². The Labute approximate surface area is 207 Å². The Balaban J connectivity index is 1.41. The topological polar surface area (TPSA) is 96.0 Å². The molecule has 0 fully saturated rings. The van der Waals surface area contributed by atoms with Crippen LogP contribution in [-0.4, -0.2) is 35.8 Å². The van der Waals surface area contributed by atoms with Gasteiger partial charge in [-0.1, -0.05) is 47.7 Å². The minimum absolute atomic E-state index is 0.0816. The average Bonchev–Trinajstić information content (AvgIpc) is 3.31. The second kappa shape index (κ2) is 10.2. The molecule has 1 unspecified atom stereocenters. The minimum Gasteiger partial charge on any atom is -0.483 e. The maximum Gasteiger partial charge on any atom is 0.295 e. The maximum atomic E-state index is 13.0. The Kier molecular flexibility index (Phi) is 7.11. The lowest BCUT2D eigenvalue weighted by Gasteiger charge is -2.14. The number of anilines is 1. The van der Waals surface area contributed by atoms with Crippen LogP contribution in [0.4, 0.5) is 5.69 Å². The van der Waals surface area contributed by atoms with Gasteiger partial charge in [-0.05, 0) is 45.0 Å². The zero-order chi connectivity index (χ0) is 25.1. The molecule has 1 amide bonds. The first-order valence-electron chi connectivity index (χ1n) is 11.2. The molecule has 0 aliphatic heterocycles. The highest BCUT2D eigenvalue weighted by molar-refractivity contribution is 7.99. The van der Waals surface area contributed by atoms with Crippen LogP contribution in [-0.2, 0) is 18.9 Å². The van der Waals surface area contributed by atoms with Crippen molar-refractivity contribution in [3.05, 3.63) is 82.0 Å². The third kappa shape index (κ3) is 5.17. The van der Waals surface area contributed by atoms with Crippen LogP contribution in [0.5, 0.6) is 5.75 Å². The van der Waals surface area contributed by atoms with E-state index < -0.39 is 0 Å². The Bertz CT molecular complexity index is 1390. The van der Waals surface area contributed by atoms with Crippen molar-refractivity contribution in [3.8, 4) is 11.4 Å². The van der Waals surface area contributed by atoms with Gasteiger partial charge < -0.3 is 14.6 Å².